The number of methoxy groups -OCH3 is 1. The molecular formula is C20H28N2O5. The Morgan fingerprint density at radius 3 is 2.63 bits per heavy atom. The zero-order chi connectivity index (χ0) is 19.2. The Morgan fingerprint density at radius 1 is 1.15 bits per heavy atom. The van der Waals surface area contributed by atoms with Crippen LogP contribution in [-0.4, -0.2) is 48.8 Å². The summed E-state index contributed by atoms with van der Waals surface area (Å²) in [5.41, 5.74) is 0. The SMILES string of the molecule is COc1cccc(OCC(=O)N[C@@H]2C[C@@H](C(=O)NC3CCC3)CC[C@H]2O)c1. The van der Waals surface area contributed by atoms with Gasteiger partial charge in [-0.05, 0) is 50.7 Å². The predicted molar refractivity (Wildman–Crippen MR) is 99.5 cm³/mol. The van der Waals surface area contributed by atoms with Crippen molar-refractivity contribution in [3.8, 4) is 11.5 Å². The minimum Gasteiger partial charge on any atom is -0.497 e. The third-order valence-electron chi connectivity index (χ3n) is 5.39. The number of ether oxygens (including phenoxy) is 2. The average Bonchev–Trinajstić information content (AvgIpc) is 2.64. The Morgan fingerprint density at radius 2 is 1.93 bits per heavy atom. The number of aliphatic hydroxyl groups is 1. The minimum atomic E-state index is -0.640. The van der Waals surface area contributed by atoms with Crippen LogP contribution in [0.3, 0.4) is 0 Å². The van der Waals surface area contributed by atoms with E-state index in [0.29, 0.717) is 36.8 Å². The molecule has 0 aromatic heterocycles. The minimum absolute atomic E-state index is 0.0403. The van der Waals surface area contributed by atoms with Gasteiger partial charge in [0.1, 0.15) is 11.5 Å². The van der Waals surface area contributed by atoms with Crippen molar-refractivity contribution < 1.29 is 24.2 Å². The lowest BCUT2D eigenvalue weighted by molar-refractivity contribution is -0.131. The number of aliphatic hydroxyl groups excluding tert-OH is 1. The zero-order valence-electron chi connectivity index (χ0n) is 15.6. The molecule has 2 fully saturated rings. The molecule has 148 valence electrons. The van der Waals surface area contributed by atoms with Crippen LogP contribution >= 0.6 is 0 Å². The number of carbonyl (C=O) groups is 2. The summed E-state index contributed by atoms with van der Waals surface area (Å²) in [5.74, 6) is 0.737. The molecule has 0 saturated heterocycles. The topological polar surface area (TPSA) is 96.9 Å². The molecular weight excluding hydrogens is 348 g/mol. The number of rotatable bonds is 7. The highest BCUT2D eigenvalue weighted by Gasteiger charge is 2.35. The number of benzene rings is 1. The van der Waals surface area contributed by atoms with Gasteiger partial charge in [-0.15, -0.1) is 0 Å². The maximum absolute atomic E-state index is 12.4. The summed E-state index contributed by atoms with van der Waals surface area (Å²) in [5, 5.41) is 16.1. The maximum Gasteiger partial charge on any atom is 0.258 e. The van der Waals surface area contributed by atoms with Crippen LogP contribution in [-0.2, 0) is 9.59 Å². The van der Waals surface area contributed by atoms with Crippen LogP contribution in [0.2, 0.25) is 0 Å². The fraction of sp³-hybridized carbons (Fsp3) is 0.600. The van der Waals surface area contributed by atoms with Crippen molar-refractivity contribution in [2.75, 3.05) is 13.7 Å². The summed E-state index contributed by atoms with van der Waals surface area (Å²) < 4.78 is 10.6. The molecule has 1 aromatic rings. The van der Waals surface area contributed by atoms with Crippen LogP contribution in [0.25, 0.3) is 0 Å². The lowest BCUT2D eigenvalue weighted by Crippen LogP contribution is -2.51. The summed E-state index contributed by atoms with van der Waals surface area (Å²) >= 11 is 0. The van der Waals surface area contributed by atoms with Gasteiger partial charge in [0.05, 0.1) is 19.3 Å². The van der Waals surface area contributed by atoms with E-state index in [9.17, 15) is 14.7 Å². The molecule has 0 aliphatic heterocycles. The zero-order valence-corrected chi connectivity index (χ0v) is 15.6. The van der Waals surface area contributed by atoms with Crippen molar-refractivity contribution in [3.63, 3.8) is 0 Å². The summed E-state index contributed by atoms with van der Waals surface area (Å²) in [6.07, 6.45) is 4.21. The highest BCUT2D eigenvalue weighted by molar-refractivity contribution is 5.80. The van der Waals surface area contributed by atoms with Crippen LogP contribution < -0.4 is 20.1 Å². The molecule has 0 heterocycles. The summed E-state index contributed by atoms with van der Waals surface area (Å²) in [7, 11) is 1.56. The molecule has 0 radical (unpaired) electrons. The number of nitrogens with one attached hydrogen (secondary N) is 2. The predicted octanol–water partition coefficient (Wildman–Crippen LogP) is 1.39. The van der Waals surface area contributed by atoms with Crippen molar-refractivity contribution in [2.24, 2.45) is 5.92 Å². The fourth-order valence-corrected chi connectivity index (χ4v) is 3.51. The molecule has 3 rings (SSSR count). The molecule has 0 unspecified atom stereocenters. The van der Waals surface area contributed by atoms with Gasteiger partial charge in [-0.2, -0.15) is 0 Å². The number of amides is 2. The van der Waals surface area contributed by atoms with Gasteiger partial charge in [-0.25, -0.2) is 0 Å². The Balaban J connectivity index is 1.47. The number of carbonyl (C=O) groups excluding carboxylic acids is 2. The molecule has 2 aliphatic carbocycles. The van der Waals surface area contributed by atoms with Crippen molar-refractivity contribution in [3.05, 3.63) is 24.3 Å². The quantitative estimate of drug-likeness (QED) is 0.668. The van der Waals surface area contributed by atoms with Crippen molar-refractivity contribution in [2.45, 2.75) is 56.7 Å². The Labute approximate surface area is 159 Å². The Kier molecular flexibility index (Phi) is 6.55. The van der Waals surface area contributed by atoms with Crippen LogP contribution in [0.1, 0.15) is 38.5 Å². The second kappa shape index (κ2) is 9.08. The standard InChI is InChI=1S/C20H28N2O5/c1-26-15-6-3-7-16(11-15)27-12-19(24)22-17-10-13(8-9-18(17)23)20(25)21-14-4-2-5-14/h3,6-7,11,13-14,17-18,23H,2,4-5,8-10,12H2,1H3,(H,21,25)(H,22,24)/t13-,17+,18+/m0/s1. The van der Waals surface area contributed by atoms with E-state index in [-0.39, 0.29) is 24.3 Å². The van der Waals surface area contributed by atoms with E-state index >= 15 is 0 Å². The number of hydrogen-bond acceptors (Lipinski definition) is 5. The van der Waals surface area contributed by atoms with Gasteiger partial charge in [0.25, 0.3) is 5.91 Å². The monoisotopic (exact) mass is 376 g/mol. The van der Waals surface area contributed by atoms with Gasteiger partial charge in [-0.1, -0.05) is 6.07 Å². The Bertz CT molecular complexity index is 662. The van der Waals surface area contributed by atoms with Crippen molar-refractivity contribution in [1.29, 1.82) is 0 Å². The Hall–Kier alpha value is -2.28. The van der Waals surface area contributed by atoms with Crippen molar-refractivity contribution in [1.82, 2.24) is 10.6 Å². The normalized spacial score (nSPS) is 25.2. The van der Waals surface area contributed by atoms with Gasteiger partial charge in [0.2, 0.25) is 5.91 Å². The van der Waals surface area contributed by atoms with Crippen LogP contribution in [0.5, 0.6) is 11.5 Å². The van der Waals surface area contributed by atoms with Crippen molar-refractivity contribution >= 4 is 11.8 Å². The third kappa shape index (κ3) is 5.35. The molecule has 7 nitrogen and oxygen atoms in total. The highest BCUT2D eigenvalue weighted by atomic mass is 16.5. The van der Waals surface area contributed by atoms with Gasteiger partial charge in [0, 0.05) is 18.0 Å². The first-order valence-corrected chi connectivity index (χ1v) is 9.60. The van der Waals surface area contributed by atoms with E-state index in [1.165, 1.54) is 6.42 Å². The van der Waals surface area contributed by atoms with E-state index in [1.54, 1.807) is 31.4 Å². The molecule has 1 aromatic carbocycles. The molecule has 3 N–H and O–H groups in total. The molecule has 2 amide bonds. The maximum atomic E-state index is 12.4. The second-order valence-electron chi connectivity index (χ2n) is 7.36. The lowest BCUT2D eigenvalue weighted by atomic mass is 9.82. The van der Waals surface area contributed by atoms with Gasteiger partial charge in [-0.3, -0.25) is 9.59 Å². The molecule has 7 heteroatoms. The van der Waals surface area contributed by atoms with Gasteiger partial charge >= 0.3 is 0 Å². The molecule has 2 aliphatic rings. The first-order valence-electron chi connectivity index (χ1n) is 9.60. The smallest absolute Gasteiger partial charge is 0.258 e. The van der Waals surface area contributed by atoms with E-state index in [0.717, 1.165) is 12.8 Å². The van der Waals surface area contributed by atoms with E-state index in [2.05, 4.69) is 10.6 Å². The molecule has 2 saturated carbocycles. The summed E-state index contributed by atoms with van der Waals surface area (Å²) in [6.45, 7) is -0.157. The van der Waals surface area contributed by atoms with E-state index in [4.69, 9.17) is 9.47 Å². The average molecular weight is 376 g/mol. The fourth-order valence-electron chi connectivity index (χ4n) is 3.51. The highest BCUT2D eigenvalue weighted by Crippen LogP contribution is 2.27. The first-order chi connectivity index (χ1) is 13.0. The van der Waals surface area contributed by atoms with E-state index < -0.39 is 12.1 Å². The first kappa shape index (κ1) is 19.5. The molecule has 3 atom stereocenters. The van der Waals surface area contributed by atoms with E-state index in [1.807, 2.05) is 0 Å². The summed E-state index contributed by atoms with van der Waals surface area (Å²) in [6, 6.07) is 6.88. The van der Waals surface area contributed by atoms with Crippen LogP contribution in [0.15, 0.2) is 24.3 Å². The largest absolute Gasteiger partial charge is 0.497 e. The molecule has 27 heavy (non-hydrogen) atoms. The van der Waals surface area contributed by atoms with Crippen LogP contribution in [0.4, 0.5) is 0 Å². The lowest BCUT2D eigenvalue weighted by Gasteiger charge is -2.35. The number of hydrogen-bond donors (Lipinski definition) is 3. The van der Waals surface area contributed by atoms with Gasteiger partial charge < -0.3 is 25.2 Å². The third-order valence-corrected chi connectivity index (χ3v) is 5.39. The summed E-state index contributed by atoms with van der Waals surface area (Å²) in [4.78, 5) is 24.6. The van der Waals surface area contributed by atoms with Gasteiger partial charge in [0.15, 0.2) is 6.61 Å². The second-order valence-corrected chi connectivity index (χ2v) is 7.36. The molecule has 0 bridgehead atoms. The van der Waals surface area contributed by atoms with Crippen LogP contribution in [0, 0.1) is 5.92 Å². The molecule has 0 spiro atoms.